The molecule has 0 spiro atoms. The molecule has 1 N–H and O–H groups in total. The summed E-state index contributed by atoms with van der Waals surface area (Å²) in [5, 5.41) is 8.63. The first-order valence-electron chi connectivity index (χ1n) is 2.10. The van der Waals surface area contributed by atoms with Gasteiger partial charge >= 0.3 is 0 Å². The van der Waals surface area contributed by atoms with Gasteiger partial charge in [0.25, 0.3) is 0 Å². The summed E-state index contributed by atoms with van der Waals surface area (Å²) in [6.07, 6.45) is 0.219. The number of hydrogen-bond donors (Lipinski definition) is 1. The molecule has 2 atom stereocenters. The van der Waals surface area contributed by atoms with E-state index in [0.717, 1.165) is 16.8 Å². The molecule has 1 aliphatic rings. The maximum absolute atomic E-state index is 8.63. The van der Waals surface area contributed by atoms with E-state index in [-0.39, 0.29) is 11.8 Å². The minimum Gasteiger partial charge on any atom is -0.395 e. The Morgan fingerprint density at radius 2 is 2.50 bits per heavy atom. The fourth-order valence-electron chi connectivity index (χ4n) is 0.334. The lowest BCUT2D eigenvalue weighted by molar-refractivity contribution is 0.206. The second-order valence-electron chi connectivity index (χ2n) is 1.61. The van der Waals surface area contributed by atoms with Crippen molar-refractivity contribution in [3.05, 3.63) is 0 Å². The fraction of sp³-hybridized carbons (Fsp3) is 1.00. The molecular formula is C3H8O2Si. The molecule has 0 saturated carbocycles. The van der Waals surface area contributed by atoms with E-state index < -0.39 is 0 Å². The van der Waals surface area contributed by atoms with Crippen LogP contribution in [0.4, 0.5) is 0 Å². The van der Waals surface area contributed by atoms with Gasteiger partial charge in [-0.05, 0) is 0 Å². The van der Waals surface area contributed by atoms with E-state index in [1.54, 1.807) is 0 Å². The van der Waals surface area contributed by atoms with Gasteiger partial charge in [-0.3, -0.25) is 0 Å². The molecule has 0 aromatic heterocycles. The Kier molecular flexibility index (Phi) is 0.952. The van der Waals surface area contributed by atoms with Crippen molar-refractivity contribution in [2.75, 3.05) is 6.61 Å². The van der Waals surface area contributed by atoms with E-state index in [9.17, 15) is 0 Å². The van der Waals surface area contributed by atoms with Crippen LogP contribution in [0, 0.1) is 0 Å². The van der Waals surface area contributed by atoms with E-state index in [4.69, 9.17) is 9.84 Å². The van der Waals surface area contributed by atoms with Crippen LogP contribution in [-0.2, 0) is 4.74 Å². The molecule has 36 valence electrons. The van der Waals surface area contributed by atoms with Gasteiger partial charge < -0.3 is 9.84 Å². The quantitative estimate of drug-likeness (QED) is 0.310. The first-order valence-corrected chi connectivity index (χ1v) is 3.26. The number of epoxide rings is 1. The maximum atomic E-state index is 8.63. The van der Waals surface area contributed by atoms with Gasteiger partial charge in [0.15, 0.2) is 0 Å². The summed E-state index contributed by atoms with van der Waals surface area (Å²) in [7, 11) is 0.846. The Hall–Kier alpha value is 0.137. The monoisotopic (exact) mass is 104 g/mol. The zero-order chi connectivity index (χ0) is 4.57. The Morgan fingerprint density at radius 1 is 2.00 bits per heavy atom. The van der Waals surface area contributed by atoms with Crippen LogP contribution in [0.15, 0.2) is 0 Å². The minimum absolute atomic E-state index is 0.120. The van der Waals surface area contributed by atoms with Crippen molar-refractivity contribution in [3.63, 3.8) is 0 Å². The van der Waals surface area contributed by atoms with Crippen molar-refractivity contribution in [2.45, 2.75) is 11.8 Å². The predicted octanol–water partition coefficient (Wildman–Crippen LogP) is -1.93. The third-order valence-corrected chi connectivity index (χ3v) is 1.64. The number of ether oxygens (including phenoxy) is 1. The molecule has 0 aromatic carbocycles. The molecule has 1 aliphatic heterocycles. The first kappa shape index (κ1) is 4.30. The van der Waals surface area contributed by atoms with Crippen LogP contribution in [0.25, 0.3) is 0 Å². The third kappa shape index (κ3) is 0.799. The van der Waals surface area contributed by atoms with Crippen LogP contribution in [0.1, 0.15) is 0 Å². The summed E-state index contributed by atoms with van der Waals surface area (Å²) in [5.41, 5.74) is -0.120. The predicted molar refractivity (Wildman–Crippen MR) is 25.7 cm³/mol. The summed E-state index contributed by atoms with van der Waals surface area (Å²) in [6.45, 7) is 0.782. The Labute approximate surface area is 39.5 Å². The van der Waals surface area contributed by atoms with Crippen molar-refractivity contribution in [1.82, 2.24) is 0 Å². The van der Waals surface area contributed by atoms with Gasteiger partial charge in [-0.15, -0.1) is 0 Å². The largest absolute Gasteiger partial charge is 0.395 e. The maximum Gasteiger partial charge on any atom is 0.103 e. The lowest BCUT2D eigenvalue weighted by Gasteiger charge is -1.90. The van der Waals surface area contributed by atoms with Crippen LogP contribution < -0.4 is 0 Å². The van der Waals surface area contributed by atoms with Gasteiger partial charge in [0.1, 0.15) is 6.10 Å². The standard InChI is InChI=1S/C3H8O2Si/c4-3(6)2-1-5-2/h2-4H,1H2,6H3. The van der Waals surface area contributed by atoms with Gasteiger partial charge in [0, 0.05) is 10.2 Å². The highest BCUT2D eigenvalue weighted by atomic mass is 28.1. The molecule has 6 heavy (non-hydrogen) atoms. The highest BCUT2D eigenvalue weighted by molar-refractivity contribution is 6.11. The average molecular weight is 104 g/mol. The van der Waals surface area contributed by atoms with Gasteiger partial charge in [0.2, 0.25) is 0 Å². The molecule has 3 heteroatoms. The van der Waals surface area contributed by atoms with E-state index in [1.165, 1.54) is 0 Å². The minimum atomic E-state index is -0.120. The van der Waals surface area contributed by atoms with E-state index >= 15 is 0 Å². The second kappa shape index (κ2) is 1.33. The Morgan fingerprint density at radius 3 is 2.50 bits per heavy atom. The van der Waals surface area contributed by atoms with E-state index in [1.807, 2.05) is 0 Å². The van der Waals surface area contributed by atoms with Crippen LogP contribution >= 0.6 is 0 Å². The molecule has 1 saturated heterocycles. The number of aliphatic hydroxyl groups excluding tert-OH is 1. The molecule has 0 aromatic rings. The lowest BCUT2D eigenvalue weighted by atomic mass is 10.5. The molecule has 1 fully saturated rings. The number of aliphatic hydroxyl groups is 1. The zero-order valence-electron chi connectivity index (χ0n) is 3.72. The fourth-order valence-corrected chi connectivity index (χ4v) is 0.719. The Balaban J connectivity index is 2.13. The summed E-state index contributed by atoms with van der Waals surface area (Å²) in [6, 6.07) is 0. The van der Waals surface area contributed by atoms with E-state index in [0.29, 0.717) is 0 Å². The highest BCUT2D eigenvalue weighted by Gasteiger charge is 2.27. The highest BCUT2D eigenvalue weighted by Crippen LogP contribution is 2.10. The molecule has 2 nitrogen and oxygen atoms in total. The molecule has 0 bridgehead atoms. The summed E-state index contributed by atoms with van der Waals surface area (Å²) in [4.78, 5) is 0. The summed E-state index contributed by atoms with van der Waals surface area (Å²) < 4.78 is 4.75. The number of rotatable bonds is 1. The van der Waals surface area contributed by atoms with Crippen LogP contribution in [-0.4, -0.2) is 33.8 Å². The van der Waals surface area contributed by atoms with Gasteiger partial charge in [-0.2, -0.15) is 0 Å². The SMILES string of the molecule is OC([SiH3])C1CO1. The van der Waals surface area contributed by atoms with Crippen LogP contribution in [0.2, 0.25) is 0 Å². The molecule has 1 heterocycles. The number of hydrogen-bond acceptors (Lipinski definition) is 2. The molecule has 0 radical (unpaired) electrons. The summed E-state index contributed by atoms with van der Waals surface area (Å²) >= 11 is 0. The van der Waals surface area contributed by atoms with Crippen molar-refractivity contribution in [3.8, 4) is 0 Å². The normalized spacial score (nSPS) is 36.5. The lowest BCUT2D eigenvalue weighted by Crippen LogP contribution is -2.12. The van der Waals surface area contributed by atoms with Crippen molar-refractivity contribution < 1.29 is 9.84 Å². The van der Waals surface area contributed by atoms with Gasteiger partial charge in [0.05, 0.1) is 12.3 Å². The third-order valence-electron chi connectivity index (χ3n) is 0.897. The van der Waals surface area contributed by atoms with Crippen molar-refractivity contribution in [2.24, 2.45) is 0 Å². The molecule has 2 unspecified atom stereocenters. The van der Waals surface area contributed by atoms with Gasteiger partial charge in [-0.1, -0.05) is 0 Å². The summed E-state index contributed by atoms with van der Waals surface area (Å²) in [5.74, 6) is 0. The molecule has 1 rings (SSSR count). The van der Waals surface area contributed by atoms with Crippen molar-refractivity contribution in [1.29, 1.82) is 0 Å². The zero-order valence-corrected chi connectivity index (χ0v) is 5.72. The topological polar surface area (TPSA) is 32.8 Å². The molecule has 0 amide bonds. The smallest absolute Gasteiger partial charge is 0.103 e. The Bertz CT molecular complexity index is 50.8. The molecular weight excluding hydrogens is 96.1 g/mol. The van der Waals surface area contributed by atoms with Gasteiger partial charge in [-0.25, -0.2) is 0 Å². The second-order valence-corrected chi connectivity index (χ2v) is 2.80. The van der Waals surface area contributed by atoms with E-state index in [2.05, 4.69) is 0 Å². The van der Waals surface area contributed by atoms with Crippen LogP contribution in [0.3, 0.4) is 0 Å². The average Bonchev–Trinajstić information content (AvgIpc) is 2.06. The van der Waals surface area contributed by atoms with Crippen molar-refractivity contribution >= 4 is 10.2 Å². The first-order chi connectivity index (χ1) is 2.80. The molecule has 0 aliphatic carbocycles. The van der Waals surface area contributed by atoms with Crippen LogP contribution in [0.5, 0.6) is 0 Å².